The molecule has 2 atom stereocenters. The maximum atomic E-state index is 14.4. The number of carbonyl (C=O) groups is 1. The highest BCUT2D eigenvalue weighted by Crippen LogP contribution is 2.48. The molecule has 0 aromatic heterocycles. The first-order valence-corrected chi connectivity index (χ1v) is 9.27. The third-order valence-corrected chi connectivity index (χ3v) is 5.26. The van der Waals surface area contributed by atoms with Gasteiger partial charge in [0.2, 0.25) is 5.91 Å². The molecule has 1 aliphatic heterocycles. The Balaban J connectivity index is 1.33. The van der Waals surface area contributed by atoms with Gasteiger partial charge in [0.05, 0.1) is 18.9 Å². The van der Waals surface area contributed by atoms with Gasteiger partial charge < -0.3 is 15.0 Å². The van der Waals surface area contributed by atoms with E-state index >= 15 is 0 Å². The molecule has 0 unspecified atom stereocenters. The summed E-state index contributed by atoms with van der Waals surface area (Å²) in [5.74, 6) is -0.940. The number of carbonyl (C=O) groups excluding carboxylic acids is 1. The van der Waals surface area contributed by atoms with Gasteiger partial charge in [0, 0.05) is 25.6 Å². The van der Waals surface area contributed by atoms with E-state index in [1.807, 2.05) is 11.0 Å². The first-order chi connectivity index (χ1) is 13.1. The van der Waals surface area contributed by atoms with Crippen LogP contribution in [0.15, 0.2) is 42.5 Å². The number of halogens is 2. The Hall–Kier alpha value is -2.47. The summed E-state index contributed by atoms with van der Waals surface area (Å²) in [5.41, 5.74) is 1.87. The normalized spacial score (nSPS) is 21.8. The largest absolute Gasteiger partial charge is 0.378 e. The van der Waals surface area contributed by atoms with Crippen LogP contribution in [-0.2, 0) is 16.1 Å². The first kappa shape index (κ1) is 17.9. The van der Waals surface area contributed by atoms with Crippen molar-refractivity contribution >= 4 is 11.6 Å². The molecule has 1 aliphatic carbocycles. The van der Waals surface area contributed by atoms with Crippen molar-refractivity contribution < 1.29 is 18.3 Å². The lowest BCUT2D eigenvalue weighted by Crippen LogP contribution is -2.36. The molecule has 4 rings (SSSR count). The van der Waals surface area contributed by atoms with Crippen molar-refractivity contribution in [2.75, 3.05) is 31.2 Å². The van der Waals surface area contributed by atoms with Crippen LogP contribution < -0.4 is 10.2 Å². The van der Waals surface area contributed by atoms with E-state index < -0.39 is 0 Å². The van der Waals surface area contributed by atoms with Crippen molar-refractivity contribution in [1.29, 1.82) is 0 Å². The second-order valence-electron chi connectivity index (χ2n) is 7.07. The van der Waals surface area contributed by atoms with Crippen LogP contribution in [0, 0.1) is 17.6 Å². The maximum absolute atomic E-state index is 14.4. The van der Waals surface area contributed by atoms with Crippen LogP contribution in [0.2, 0.25) is 0 Å². The summed E-state index contributed by atoms with van der Waals surface area (Å²) >= 11 is 0. The third-order valence-electron chi connectivity index (χ3n) is 5.26. The molecule has 2 aliphatic rings. The fourth-order valence-electron chi connectivity index (χ4n) is 3.65. The summed E-state index contributed by atoms with van der Waals surface area (Å²) < 4.78 is 33.5. The van der Waals surface area contributed by atoms with Gasteiger partial charge in [-0.25, -0.2) is 8.78 Å². The predicted octanol–water partition coefficient (Wildman–Crippen LogP) is 3.22. The van der Waals surface area contributed by atoms with Crippen molar-refractivity contribution in [3.63, 3.8) is 0 Å². The van der Waals surface area contributed by atoms with Crippen LogP contribution in [0.5, 0.6) is 0 Å². The van der Waals surface area contributed by atoms with Gasteiger partial charge in [0.25, 0.3) is 0 Å². The first-order valence-electron chi connectivity index (χ1n) is 9.27. The minimum absolute atomic E-state index is 0.0633. The molecule has 4 nitrogen and oxygen atoms in total. The number of hydrogen-bond donors (Lipinski definition) is 1. The Morgan fingerprint density at radius 2 is 1.89 bits per heavy atom. The van der Waals surface area contributed by atoms with Gasteiger partial charge in [0.15, 0.2) is 0 Å². The second kappa shape index (κ2) is 7.64. The SMILES string of the molecule is O=C(NCc1ccc(N2CCOCC2)c(F)c1)[C@H]1C[C@@H]1c1ccccc1F. The van der Waals surface area contributed by atoms with E-state index in [4.69, 9.17) is 4.74 Å². The zero-order valence-corrected chi connectivity index (χ0v) is 15.0. The van der Waals surface area contributed by atoms with E-state index in [0.717, 1.165) is 0 Å². The zero-order valence-electron chi connectivity index (χ0n) is 15.0. The lowest BCUT2D eigenvalue weighted by Gasteiger charge is -2.29. The monoisotopic (exact) mass is 372 g/mol. The summed E-state index contributed by atoms with van der Waals surface area (Å²) in [6, 6.07) is 11.6. The van der Waals surface area contributed by atoms with Crippen LogP contribution in [0.4, 0.5) is 14.5 Å². The lowest BCUT2D eigenvalue weighted by molar-refractivity contribution is -0.122. The number of morpholine rings is 1. The molecule has 142 valence electrons. The number of ether oxygens (including phenoxy) is 1. The molecular weight excluding hydrogens is 350 g/mol. The van der Waals surface area contributed by atoms with E-state index in [2.05, 4.69) is 5.32 Å². The Bertz CT molecular complexity index is 837. The molecule has 0 radical (unpaired) electrons. The summed E-state index contributed by atoms with van der Waals surface area (Å²) in [6.07, 6.45) is 0.650. The van der Waals surface area contributed by atoms with Gasteiger partial charge in [-0.3, -0.25) is 4.79 Å². The number of nitrogens with one attached hydrogen (secondary N) is 1. The van der Waals surface area contributed by atoms with Crippen LogP contribution >= 0.6 is 0 Å². The molecule has 1 N–H and O–H groups in total. The molecule has 1 amide bonds. The van der Waals surface area contributed by atoms with Crippen LogP contribution in [0.1, 0.15) is 23.5 Å². The average Bonchev–Trinajstić information content (AvgIpc) is 3.48. The summed E-state index contributed by atoms with van der Waals surface area (Å²) in [5, 5.41) is 2.84. The molecule has 6 heteroatoms. The summed E-state index contributed by atoms with van der Waals surface area (Å²) in [7, 11) is 0. The van der Waals surface area contributed by atoms with Gasteiger partial charge in [-0.1, -0.05) is 24.3 Å². The topological polar surface area (TPSA) is 41.6 Å². The van der Waals surface area contributed by atoms with Gasteiger partial charge in [-0.15, -0.1) is 0 Å². The summed E-state index contributed by atoms with van der Waals surface area (Å²) in [4.78, 5) is 14.3. The van der Waals surface area contributed by atoms with Gasteiger partial charge >= 0.3 is 0 Å². The van der Waals surface area contributed by atoms with E-state index in [1.54, 1.807) is 24.3 Å². The quantitative estimate of drug-likeness (QED) is 0.876. The highest BCUT2D eigenvalue weighted by molar-refractivity contribution is 5.82. The van der Waals surface area contributed by atoms with Crippen molar-refractivity contribution in [3.8, 4) is 0 Å². The number of hydrogen-bond acceptors (Lipinski definition) is 3. The van der Waals surface area contributed by atoms with Crippen molar-refractivity contribution in [3.05, 3.63) is 65.2 Å². The van der Waals surface area contributed by atoms with Crippen LogP contribution in [-0.4, -0.2) is 32.2 Å². The maximum Gasteiger partial charge on any atom is 0.224 e. The van der Waals surface area contributed by atoms with E-state index in [-0.39, 0.29) is 35.9 Å². The number of benzene rings is 2. The fraction of sp³-hybridized carbons (Fsp3) is 0.381. The molecule has 1 saturated heterocycles. The third kappa shape index (κ3) is 3.95. The molecule has 2 aromatic carbocycles. The standard InChI is InChI=1S/C21H22F2N2O2/c22-18-4-2-1-3-15(18)16-12-17(16)21(26)24-13-14-5-6-20(19(23)11-14)25-7-9-27-10-8-25/h1-6,11,16-17H,7-10,12-13H2,(H,24,26)/t16-,17+/m1/s1. The van der Waals surface area contributed by atoms with Gasteiger partial charge in [-0.2, -0.15) is 0 Å². The molecule has 0 spiro atoms. The number of amides is 1. The van der Waals surface area contributed by atoms with Crippen molar-refractivity contribution in [2.45, 2.75) is 18.9 Å². The number of rotatable bonds is 5. The smallest absolute Gasteiger partial charge is 0.224 e. The average molecular weight is 372 g/mol. The molecule has 2 fully saturated rings. The zero-order chi connectivity index (χ0) is 18.8. The van der Waals surface area contributed by atoms with Crippen LogP contribution in [0.25, 0.3) is 0 Å². The highest BCUT2D eigenvalue weighted by atomic mass is 19.1. The molecule has 1 saturated carbocycles. The highest BCUT2D eigenvalue weighted by Gasteiger charge is 2.44. The molecule has 1 heterocycles. The molecule has 2 aromatic rings. The van der Waals surface area contributed by atoms with Gasteiger partial charge in [-0.05, 0) is 41.7 Å². The number of nitrogens with zero attached hydrogens (tertiary/aromatic N) is 1. The second-order valence-corrected chi connectivity index (χ2v) is 7.07. The predicted molar refractivity (Wildman–Crippen MR) is 98.5 cm³/mol. The van der Waals surface area contributed by atoms with Crippen molar-refractivity contribution in [2.24, 2.45) is 5.92 Å². The van der Waals surface area contributed by atoms with Crippen LogP contribution in [0.3, 0.4) is 0 Å². The minimum atomic E-state index is -0.292. The van der Waals surface area contributed by atoms with E-state index in [1.165, 1.54) is 12.1 Å². The molecular formula is C21H22F2N2O2. The summed E-state index contributed by atoms with van der Waals surface area (Å²) in [6.45, 7) is 2.81. The lowest BCUT2D eigenvalue weighted by atomic mass is 10.1. The molecule has 27 heavy (non-hydrogen) atoms. The molecule has 0 bridgehead atoms. The Morgan fingerprint density at radius 1 is 1.11 bits per heavy atom. The number of anilines is 1. The van der Waals surface area contributed by atoms with Gasteiger partial charge in [0.1, 0.15) is 11.6 Å². The van der Waals surface area contributed by atoms with E-state index in [0.29, 0.717) is 49.5 Å². The minimum Gasteiger partial charge on any atom is -0.378 e. The van der Waals surface area contributed by atoms with Crippen molar-refractivity contribution in [1.82, 2.24) is 5.32 Å². The van der Waals surface area contributed by atoms with E-state index in [9.17, 15) is 13.6 Å². The fourth-order valence-corrected chi connectivity index (χ4v) is 3.65. The Morgan fingerprint density at radius 3 is 2.63 bits per heavy atom. The Kier molecular flexibility index (Phi) is 5.07. The Labute approximate surface area is 157 Å².